The van der Waals surface area contributed by atoms with Gasteiger partial charge in [0.05, 0.1) is 11.6 Å². The highest BCUT2D eigenvalue weighted by Crippen LogP contribution is 2.63. The van der Waals surface area contributed by atoms with Crippen LogP contribution in [0.3, 0.4) is 0 Å². The van der Waals surface area contributed by atoms with Gasteiger partial charge >= 0.3 is 6.09 Å². The minimum absolute atomic E-state index is 0.00935. The number of amides is 2. The fourth-order valence-electron chi connectivity index (χ4n) is 8.27. The third-order valence-corrected chi connectivity index (χ3v) is 9.24. The zero-order chi connectivity index (χ0) is 23.7. The highest BCUT2D eigenvalue weighted by Gasteiger charge is 2.64. The van der Waals surface area contributed by atoms with Crippen LogP contribution in [-0.4, -0.2) is 51.5 Å². The minimum atomic E-state index is -0.783. The maximum Gasteiger partial charge on any atom is 0.408 e. The topological polar surface area (TPSA) is 95.9 Å². The molecule has 7 rings (SSSR count). The standard InChI is InChI=1S/C27H34N2O5/c1-16(30)21-8-20-9-22(20)29(21)24(31)23(28-25(32)34-14-17-5-3-2-4-6-17)26-10-18-7-19(11-26)13-27(33,12-18)15-26/h2-6,18-23,33H,7-15H2,1H3,(H,28,32)/t18?,19?,20-,21+,22+,23-,26?,27?/m1/s1. The van der Waals surface area contributed by atoms with Gasteiger partial charge in [-0.05, 0) is 81.6 Å². The molecule has 6 atom stereocenters. The Labute approximate surface area is 200 Å². The predicted molar refractivity (Wildman–Crippen MR) is 123 cm³/mol. The van der Waals surface area contributed by atoms with Crippen molar-refractivity contribution in [1.82, 2.24) is 10.2 Å². The zero-order valence-electron chi connectivity index (χ0n) is 19.7. The number of ether oxygens (including phenoxy) is 1. The largest absolute Gasteiger partial charge is 0.445 e. The summed E-state index contributed by atoms with van der Waals surface area (Å²) in [6, 6.07) is 8.37. The van der Waals surface area contributed by atoms with E-state index in [1.807, 2.05) is 30.3 Å². The molecule has 7 nitrogen and oxygen atoms in total. The summed E-state index contributed by atoms with van der Waals surface area (Å²) in [4.78, 5) is 41.3. The molecule has 2 N–H and O–H groups in total. The lowest BCUT2D eigenvalue weighted by molar-refractivity contribution is -0.180. The second kappa shape index (κ2) is 7.80. The summed E-state index contributed by atoms with van der Waals surface area (Å²) in [5, 5.41) is 14.3. The fraction of sp³-hybridized carbons (Fsp3) is 0.667. The van der Waals surface area contributed by atoms with Gasteiger partial charge in [-0.15, -0.1) is 0 Å². The number of ketones is 1. The first kappa shape index (κ1) is 22.1. The molecule has 1 aromatic carbocycles. The molecule has 2 unspecified atom stereocenters. The number of hydrogen-bond acceptors (Lipinski definition) is 5. The SMILES string of the molecule is CC(=O)[C@@H]1C[C@@H]2C[C@@H]2N1C(=O)[C@@H](NC(=O)OCc1ccccc1)C12CC3CC(CC(O)(C3)C1)C2. The van der Waals surface area contributed by atoms with Crippen LogP contribution in [0.2, 0.25) is 0 Å². The van der Waals surface area contributed by atoms with Crippen LogP contribution in [0.4, 0.5) is 4.79 Å². The quantitative estimate of drug-likeness (QED) is 0.671. The van der Waals surface area contributed by atoms with E-state index in [0.717, 1.165) is 50.5 Å². The Morgan fingerprint density at radius 3 is 2.44 bits per heavy atom. The van der Waals surface area contributed by atoms with Crippen LogP contribution in [0.25, 0.3) is 0 Å². The number of nitrogens with zero attached hydrogens (tertiary/aromatic N) is 1. The van der Waals surface area contributed by atoms with E-state index in [0.29, 0.717) is 24.2 Å². The van der Waals surface area contributed by atoms with Gasteiger partial charge in [-0.3, -0.25) is 9.59 Å². The predicted octanol–water partition coefficient (Wildman–Crippen LogP) is 3.19. The summed E-state index contributed by atoms with van der Waals surface area (Å²) in [7, 11) is 0. The molecule has 182 valence electrons. The number of carbonyl (C=O) groups excluding carboxylic acids is 3. The Balaban J connectivity index is 1.28. The van der Waals surface area contributed by atoms with Gasteiger partial charge in [0.2, 0.25) is 5.91 Å². The van der Waals surface area contributed by atoms with Gasteiger partial charge in [0.25, 0.3) is 0 Å². The van der Waals surface area contributed by atoms with E-state index in [2.05, 4.69) is 5.32 Å². The number of piperidine rings is 1. The van der Waals surface area contributed by atoms with Crippen LogP contribution in [0.1, 0.15) is 63.9 Å². The number of aliphatic hydroxyl groups is 1. The van der Waals surface area contributed by atoms with E-state index in [-0.39, 0.29) is 24.3 Å². The first-order valence-corrected chi connectivity index (χ1v) is 12.8. The molecule has 6 fully saturated rings. The Hall–Kier alpha value is -2.41. The highest BCUT2D eigenvalue weighted by atomic mass is 16.5. The monoisotopic (exact) mass is 466 g/mol. The molecule has 0 aromatic heterocycles. The van der Waals surface area contributed by atoms with E-state index in [1.165, 1.54) is 0 Å². The van der Waals surface area contributed by atoms with Crippen LogP contribution in [-0.2, 0) is 20.9 Å². The zero-order valence-corrected chi connectivity index (χ0v) is 19.7. The molecule has 5 aliphatic carbocycles. The Morgan fingerprint density at radius 1 is 1.09 bits per heavy atom. The maximum absolute atomic E-state index is 14.1. The van der Waals surface area contributed by atoms with Crippen LogP contribution in [0.5, 0.6) is 0 Å². The van der Waals surface area contributed by atoms with Crippen LogP contribution < -0.4 is 5.32 Å². The molecular formula is C27H34N2O5. The summed E-state index contributed by atoms with van der Waals surface area (Å²) >= 11 is 0. The molecule has 6 aliphatic rings. The lowest BCUT2D eigenvalue weighted by atomic mass is 9.46. The number of benzene rings is 1. The first-order valence-electron chi connectivity index (χ1n) is 12.8. The molecule has 0 spiro atoms. The molecule has 1 saturated heterocycles. The summed E-state index contributed by atoms with van der Waals surface area (Å²) < 4.78 is 5.52. The van der Waals surface area contributed by atoms with Crippen LogP contribution >= 0.6 is 0 Å². The molecular weight excluding hydrogens is 432 g/mol. The van der Waals surface area contributed by atoms with Crippen molar-refractivity contribution in [3.63, 3.8) is 0 Å². The summed E-state index contributed by atoms with van der Waals surface area (Å²) in [6.45, 7) is 1.68. The molecule has 1 aromatic rings. The smallest absolute Gasteiger partial charge is 0.408 e. The molecule has 4 bridgehead atoms. The lowest BCUT2D eigenvalue weighted by Gasteiger charge is -2.62. The van der Waals surface area contributed by atoms with Gasteiger partial charge < -0.3 is 20.1 Å². The Morgan fingerprint density at radius 2 is 1.79 bits per heavy atom. The van der Waals surface area contributed by atoms with Crippen molar-refractivity contribution in [2.75, 3.05) is 0 Å². The van der Waals surface area contributed by atoms with Gasteiger partial charge in [-0.2, -0.15) is 0 Å². The second-order valence-electron chi connectivity index (χ2n) is 11.9. The number of likely N-dealkylation sites (tertiary alicyclic amines) is 1. The van der Waals surface area contributed by atoms with Crippen molar-refractivity contribution in [3.05, 3.63) is 35.9 Å². The number of alkyl carbamates (subject to hydrolysis) is 1. The molecule has 34 heavy (non-hydrogen) atoms. The summed E-state index contributed by atoms with van der Waals surface area (Å²) in [6.07, 6.45) is 5.88. The summed E-state index contributed by atoms with van der Waals surface area (Å²) in [5.41, 5.74) is -0.372. The lowest BCUT2D eigenvalue weighted by Crippen LogP contribution is -2.66. The Bertz CT molecular complexity index is 996. The number of carbonyl (C=O) groups is 3. The van der Waals surface area contributed by atoms with Gasteiger partial charge in [-0.1, -0.05) is 30.3 Å². The number of hydrogen-bond donors (Lipinski definition) is 2. The van der Waals surface area contributed by atoms with E-state index in [1.54, 1.807) is 11.8 Å². The van der Waals surface area contributed by atoms with Crippen molar-refractivity contribution < 1.29 is 24.2 Å². The number of nitrogens with one attached hydrogen (secondary N) is 1. The van der Waals surface area contributed by atoms with Gasteiger partial charge in [0.1, 0.15) is 12.6 Å². The molecule has 2 amide bonds. The number of rotatable bonds is 6. The van der Waals surface area contributed by atoms with Crippen LogP contribution in [0.15, 0.2) is 30.3 Å². The normalized spacial score (nSPS) is 39.9. The number of fused-ring (bicyclic) bond motifs is 1. The van der Waals surface area contributed by atoms with Crippen LogP contribution in [0, 0.1) is 23.2 Å². The number of Topliss-reactive ketones (excluding diaryl/α,β-unsaturated/α-hetero) is 1. The molecule has 1 aliphatic heterocycles. The van der Waals surface area contributed by atoms with Crippen molar-refractivity contribution >= 4 is 17.8 Å². The van der Waals surface area contributed by atoms with Crippen molar-refractivity contribution in [1.29, 1.82) is 0 Å². The van der Waals surface area contributed by atoms with Gasteiger partial charge in [-0.25, -0.2) is 4.79 Å². The molecule has 5 saturated carbocycles. The molecule has 1 heterocycles. The first-order chi connectivity index (χ1) is 16.3. The van der Waals surface area contributed by atoms with Gasteiger partial charge in [0.15, 0.2) is 5.78 Å². The van der Waals surface area contributed by atoms with Crippen molar-refractivity contribution in [3.8, 4) is 0 Å². The third kappa shape index (κ3) is 3.72. The van der Waals surface area contributed by atoms with E-state index in [4.69, 9.17) is 4.74 Å². The highest BCUT2D eigenvalue weighted by molar-refractivity contribution is 5.93. The maximum atomic E-state index is 14.1. The molecule has 0 radical (unpaired) electrons. The Kier molecular flexibility index (Phi) is 5.07. The van der Waals surface area contributed by atoms with E-state index >= 15 is 0 Å². The van der Waals surface area contributed by atoms with Crippen molar-refractivity contribution in [2.24, 2.45) is 23.2 Å². The van der Waals surface area contributed by atoms with E-state index in [9.17, 15) is 19.5 Å². The summed E-state index contributed by atoms with van der Waals surface area (Å²) in [5.74, 6) is 0.991. The second-order valence-corrected chi connectivity index (χ2v) is 11.9. The minimum Gasteiger partial charge on any atom is -0.445 e. The third-order valence-electron chi connectivity index (χ3n) is 9.24. The van der Waals surface area contributed by atoms with Gasteiger partial charge in [0, 0.05) is 11.5 Å². The van der Waals surface area contributed by atoms with Crippen molar-refractivity contribution in [2.45, 2.75) is 88.6 Å². The molecule has 7 heteroatoms. The average molecular weight is 467 g/mol. The van der Waals surface area contributed by atoms with E-state index < -0.39 is 29.2 Å². The average Bonchev–Trinajstić information content (AvgIpc) is 3.43. The fourth-order valence-corrected chi connectivity index (χ4v) is 8.27.